The highest BCUT2D eigenvalue weighted by Gasteiger charge is 2.33. The Morgan fingerprint density at radius 1 is 1.04 bits per heavy atom. The number of amides is 1. The number of halogens is 3. The van der Waals surface area contributed by atoms with Crippen LogP contribution in [0.15, 0.2) is 47.3 Å². The van der Waals surface area contributed by atoms with Gasteiger partial charge in [0, 0.05) is 11.5 Å². The van der Waals surface area contributed by atoms with Crippen molar-refractivity contribution >= 4 is 22.5 Å². The van der Waals surface area contributed by atoms with E-state index in [1.807, 2.05) is 32.9 Å². The first-order valence-electron chi connectivity index (χ1n) is 8.65. The predicted molar refractivity (Wildman–Crippen MR) is 102 cm³/mol. The number of nitrogens with zero attached hydrogens (tertiary/aromatic N) is 1. The molecule has 3 rings (SSSR count). The van der Waals surface area contributed by atoms with Gasteiger partial charge in [-0.2, -0.15) is 13.2 Å². The molecule has 1 amide bonds. The molecule has 0 aliphatic carbocycles. The molecular weight excluding hydrogens is 369 g/mol. The first kappa shape index (κ1) is 19.7. The normalized spacial score (nSPS) is 11.6. The number of rotatable bonds is 3. The average molecular weight is 388 g/mol. The van der Waals surface area contributed by atoms with E-state index in [0.29, 0.717) is 5.52 Å². The van der Waals surface area contributed by atoms with Gasteiger partial charge in [-0.3, -0.25) is 14.2 Å². The van der Waals surface area contributed by atoms with Crippen LogP contribution in [0.1, 0.15) is 22.3 Å². The second kappa shape index (κ2) is 7.14. The van der Waals surface area contributed by atoms with Crippen LogP contribution in [0.25, 0.3) is 10.9 Å². The fourth-order valence-corrected chi connectivity index (χ4v) is 3.40. The van der Waals surface area contributed by atoms with E-state index in [0.717, 1.165) is 28.1 Å². The fraction of sp³-hybridized carbons (Fsp3) is 0.238. The average Bonchev–Trinajstić information content (AvgIpc) is 2.58. The summed E-state index contributed by atoms with van der Waals surface area (Å²) < 4.78 is 40.7. The van der Waals surface area contributed by atoms with Gasteiger partial charge in [0.25, 0.3) is 5.56 Å². The number of carbonyl (C=O) groups is 1. The zero-order valence-electron chi connectivity index (χ0n) is 15.6. The van der Waals surface area contributed by atoms with Gasteiger partial charge in [0.2, 0.25) is 5.91 Å². The lowest BCUT2D eigenvalue weighted by atomic mass is 10.0. The third-order valence-corrected chi connectivity index (χ3v) is 4.55. The summed E-state index contributed by atoms with van der Waals surface area (Å²) in [6.07, 6.45) is -4.59. The van der Waals surface area contributed by atoms with Crippen LogP contribution in [0.2, 0.25) is 0 Å². The molecule has 3 aromatic rings. The number of para-hydroxylation sites is 1. The second-order valence-corrected chi connectivity index (χ2v) is 6.82. The summed E-state index contributed by atoms with van der Waals surface area (Å²) >= 11 is 0. The molecule has 2 aromatic carbocycles. The monoisotopic (exact) mass is 388 g/mol. The van der Waals surface area contributed by atoms with Crippen molar-refractivity contribution in [2.24, 2.45) is 0 Å². The lowest BCUT2D eigenvalue weighted by Crippen LogP contribution is -2.29. The minimum Gasteiger partial charge on any atom is -0.324 e. The Morgan fingerprint density at radius 2 is 1.71 bits per heavy atom. The molecule has 4 nitrogen and oxygen atoms in total. The molecule has 7 heteroatoms. The Hall–Kier alpha value is -3.09. The molecule has 0 spiro atoms. The number of hydrogen-bond acceptors (Lipinski definition) is 2. The molecule has 28 heavy (non-hydrogen) atoms. The van der Waals surface area contributed by atoms with Crippen LogP contribution in [0.5, 0.6) is 0 Å². The number of aromatic nitrogens is 1. The van der Waals surface area contributed by atoms with Gasteiger partial charge in [-0.15, -0.1) is 0 Å². The van der Waals surface area contributed by atoms with Crippen molar-refractivity contribution in [1.82, 2.24) is 4.57 Å². The van der Waals surface area contributed by atoms with Gasteiger partial charge < -0.3 is 5.32 Å². The molecule has 0 aliphatic heterocycles. The number of anilines is 1. The van der Waals surface area contributed by atoms with Gasteiger partial charge in [0.05, 0.1) is 16.8 Å². The van der Waals surface area contributed by atoms with E-state index >= 15 is 0 Å². The van der Waals surface area contributed by atoms with Crippen molar-refractivity contribution < 1.29 is 18.0 Å². The Balaban J connectivity index is 2.01. The number of fused-ring (bicyclic) bond motifs is 1. The molecule has 1 aromatic heterocycles. The highest BCUT2D eigenvalue weighted by atomic mass is 19.4. The number of aryl methyl sites for hydroxylation is 3. The summed E-state index contributed by atoms with van der Waals surface area (Å²) in [5, 5.41) is 3.12. The molecular formula is C21H19F3N2O2. The lowest BCUT2D eigenvalue weighted by molar-refractivity contribution is -0.137. The number of nitrogens with one attached hydrogen (secondary N) is 1. The maximum Gasteiger partial charge on any atom is 0.418 e. The third kappa shape index (κ3) is 3.78. The van der Waals surface area contributed by atoms with E-state index in [9.17, 15) is 22.8 Å². The number of hydrogen-bond donors (Lipinski definition) is 1. The van der Waals surface area contributed by atoms with E-state index in [1.54, 1.807) is 0 Å². The maximum absolute atomic E-state index is 13.1. The molecule has 146 valence electrons. The smallest absolute Gasteiger partial charge is 0.324 e. The largest absolute Gasteiger partial charge is 0.418 e. The molecule has 1 N–H and O–H groups in total. The van der Waals surface area contributed by atoms with Crippen LogP contribution in [0, 0.1) is 20.8 Å². The van der Waals surface area contributed by atoms with Crippen molar-refractivity contribution in [3.8, 4) is 0 Å². The van der Waals surface area contributed by atoms with Gasteiger partial charge in [0.1, 0.15) is 6.54 Å². The van der Waals surface area contributed by atoms with Crippen LogP contribution in [0.4, 0.5) is 18.9 Å². The maximum atomic E-state index is 13.1. The van der Waals surface area contributed by atoms with Gasteiger partial charge >= 0.3 is 6.18 Å². The number of carbonyl (C=O) groups excluding carboxylic acids is 1. The van der Waals surface area contributed by atoms with Crippen LogP contribution in [-0.4, -0.2) is 10.5 Å². The molecule has 0 saturated heterocycles. The van der Waals surface area contributed by atoms with Crippen molar-refractivity contribution in [2.45, 2.75) is 33.5 Å². The quantitative estimate of drug-likeness (QED) is 0.714. The minimum atomic E-state index is -4.59. The zero-order chi connectivity index (χ0) is 20.6. The van der Waals surface area contributed by atoms with Crippen molar-refractivity contribution in [3.63, 3.8) is 0 Å². The highest BCUT2D eigenvalue weighted by Crippen LogP contribution is 2.34. The molecule has 0 aliphatic rings. The summed E-state index contributed by atoms with van der Waals surface area (Å²) in [4.78, 5) is 25.0. The van der Waals surface area contributed by atoms with Gasteiger partial charge in [-0.05, 0) is 50.1 Å². The summed E-state index contributed by atoms with van der Waals surface area (Å²) in [7, 11) is 0. The first-order valence-corrected chi connectivity index (χ1v) is 8.65. The van der Waals surface area contributed by atoms with Crippen molar-refractivity contribution in [3.05, 3.63) is 75.1 Å². The van der Waals surface area contributed by atoms with E-state index in [1.165, 1.54) is 28.8 Å². The van der Waals surface area contributed by atoms with E-state index in [4.69, 9.17) is 0 Å². The summed E-state index contributed by atoms with van der Waals surface area (Å²) in [5.41, 5.74) is 1.58. The van der Waals surface area contributed by atoms with E-state index < -0.39 is 17.6 Å². The molecule has 0 atom stereocenters. The van der Waals surface area contributed by atoms with Crippen LogP contribution < -0.4 is 10.9 Å². The van der Waals surface area contributed by atoms with Crippen LogP contribution >= 0.6 is 0 Å². The Labute approximate surface area is 159 Å². The molecule has 0 bridgehead atoms. The Morgan fingerprint density at radius 3 is 2.39 bits per heavy atom. The van der Waals surface area contributed by atoms with Gasteiger partial charge in [-0.25, -0.2) is 0 Å². The Bertz CT molecular complexity index is 1130. The molecule has 0 fully saturated rings. The summed E-state index contributed by atoms with van der Waals surface area (Å²) in [5.74, 6) is -0.705. The zero-order valence-corrected chi connectivity index (χ0v) is 15.6. The third-order valence-electron chi connectivity index (χ3n) is 4.55. The lowest BCUT2D eigenvalue weighted by Gasteiger charge is -2.16. The minimum absolute atomic E-state index is 0.336. The van der Waals surface area contributed by atoms with Crippen LogP contribution in [0.3, 0.4) is 0 Å². The van der Waals surface area contributed by atoms with Crippen molar-refractivity contribution in [1.29, 1.82) is 0 Å². The molecule has 0 unspecified atom stereocenters. The standard InChI is InChI=1S/C21H19F3N2O2/c1-12-8-14(3)20-15(9-12)13(2)10-19(28)26(20)11-18(27)25-17-7-5-4-6-16(17)21(22,23)24/h4-10H,11H2,1-3H3,(H,25,27). The second-order valence-electron chi connectivity index (χ2n) is 6.82. The highest BCUT2D eigenvalue weighted by molar-refractivity contribution is 5.93. The van der Waals surface area contributed by atoms with Gasteiger partial charge in [-0.1, -0.05) is 23.8 Å². The van der Waals surface area contributed by atoms with E-state index in [-0.39, 0.29) is 17.8 Å². The summed E-state index contributed by atoms with van der Waals surface area (Å²) in [6.45, 7) is 5.20. The van der Waals surface area contributed by atoms with Crippen molar-refractivity contribution in [2.75, 3.05) is 5.32 Å². The number of alkyl halides is 3. The molecule has 0 radical (unpaired) electrons. The predicted octanol–water partition coefficient (Wildman–Crippen LogP) is 4.58. The molecule has 1 heterocycles. The number of benzene rings is 2. The van der Waals surface area contributed by atoms with Crippen LogP contribution in [-0.2, 0) is 17.5 Å². The Kier molecular flexibility index (Phi) is 5.02. The van der Waals surface area contributed by atoms with Gasteiger partial charge in [0.15, 0.2) is 0 Å². The first-order chi connectivity index (χ1) is 13.1. The summed E-state index contributed by atoms with van der Waals surface area (Å²) in [6, 6.07) is 9.99. The number of pyridine rings is 1. The van der Waals surface area contributed by atoms with E-state index in [2.05, 4.69) is 5.32 Å². The topological polar surface area (TPSA) is 51.1 Å². The molecule has 0 saturated carbocycles. The fourth-order valence-electron chi connectivity index (χ4n) is 3.40. The SMILES string of the molecule is Cc1cc(C)c2c(c1)c(C)cc(=O)n2CC(=O)Nc1ccccc1C(F)(F)F.